The topological polar surface area (TPSA) is 135 Å². The molecule has 0 unspecified atom stereocenters. The summed E-state index contributed by atoms with van der Waals surface area (Å²) in [6.07, 6.45) is 0.856. The third kappa shape index (κ3) is 4.67. The number of anilines is 2. The van der Waals surface area contributed by atoms with E-state index in [1.165, 1.54) is 6.07 Å². The Morgan fingerprint density at radius 2 is 2.00 bits per heavy atom. The quantitative estimate of drug-likeness (QED) is 0.481. The van der Waals surface area contributed by atoms with Crippen LogP contribution >= 0.6 is 11.6 Å². The summed E-state index contributed by atoms with van der Waals surface area (Å²) in [7, 11) is 0. The number of rotatable bonds is 5. The van der Waals surface area contributed by atoms with E-state index in [4.69, 9.17) is 16.6 Å². The number of carboxylic acids is 1. The second kappa shape index (κ2) is 9.17. The molecule has 170 valence electrons. The molecule has 0 spiro atoms. The lowest BCUT2D eigenvalue weighted by Gasteiger charge is -2.31. The highest BCUT2D eigenvalue weighted by molar-refractivity contribution is 6.29. The molecule has 3 aromatic rings. The molecule has 0 amide bonds. The summed E-state index contributed by atoms with van der Waals surface area (Å²) >= 11 is 5.87. The lowest BCUT2D eigenvalue weighted by molar-refractivity contribution is 0.0691. The van der Waals surface area contributed by atoms with Crippen LogP contribution in [0.2, 0.25) is 5.15 Å². The number of hydrogen-bond acceptors (Lipinski definition) is 8. The standard InChI is InChI=1S/C23H23ClN6O3/c1-12-9-15(13(2)26-16-3-4-19(24)28-21(16)23(32)33)20-17(10-12)27-18(11-25)22(29-20)30-7-5-14(31)6-8-30/h3-4,9-10,13-14,26,31H,5-8H2,1-2H3,(H,32,33)/t13-/m1/s1. The number of nitrogens with one attached hydrogen (secondary N) is 1. The van der Waals surface area contributed by atoms with Gasteiger partial charge in [0.05, 0.1) is 28.9 Å². The zero-order valence-electron chi connectivity index (χ0n) is 18.2. The Kier molecular flexibility index (Phi) is 6.31. The first-order chi connectivity index (χ1) is 15.8. The third-order valence-corrected chi connectivity index (χ3v) is 5.91. The Balaban J connectivity index is 1.78. The minimum absolute atomic E-state index is 0.0952. The van der Waals surface area contributed by atoms with Crippen molar-refractivity contribution < 1.29 is 15.0 Å². The van der Waals surface area contributed by atoms with Crippen LogP contribution in [-0.4, -0.2) is 50.3 Å². The SMILES string of the molecule is Cc1cc([C@@H](C)Nc2ccc(Cl)nc2C(=O)O)c2nc(N3CCC(O)CC3)c(C#N)nc2c1. The number of aromatic carboxylic acids is 1. The van der Waals surface area contributed by atoms with Crippen LogP contribution in [0.4, 0.5) is 11.5 Å². The number of nitrogens with zero attached hydrogens (tertiary/aromatic N) is 5. The van der Waals surface area contributed by atoms with Crippen LogP contribution in [0, 0.1) is 18.3 Å². The van der Waals surface area contributed by atoms with E-state index in [2.05, 4.69) is 21.4 Å². The van der Waals surface area contributed by atoms with Crippen molar-refractivity contribution in [2.75, 3.05) is 23.3 Å². The molecule has 3 N–H and O–H groups in total. The maximum Gasteiger partial charge on any atom is 0.356 e. The number of aryl methyl sites for hydroxylation is 1. The largest absolute Gasteiger partial charge is 0.476 e. The molecule has 0 bridgehead atoms. The summed E-state index contributed by atoms with van der Waals surface area (Å²) in [4.78, 5) is 26.9. The van der Waals surface area contributed by atoms with Gasteiger partial charge >= 0.3 is 5.97 Å². The van der Waals surface area contributed by atoms with Crippen LogP contribution in [0.5, 0.6) is 0 Å². The number of carboxylic acid groups (broad SMARTS) is 1. The summed E-state index contributed by atoms with van der Waals surface area (Å²) in [5, 5.41) is 32.4. The molecule has 4 rings (SSSR count). The molecule has 0 radical (unpaired) electrons. The van der Waals surface area contributed by atoms with E-state index in [0.29, 0.717) is 48.5 Å². The Morgan fingerprint density at radius 3 is 2.67 bits per heavy atom. The first-order valence-electron chi connectivity index (χ1n) is 10.6. The smallest absolute Gasteiger partial charge is 0.356 e. The molecule has 0 aliphatic carbocycles. The van der Waals surface area contributed by atoms with Gasteiger partial charge in [0.15, 0.2) is 17.2 Å². The summed E-state index contributed by atoms with van der Waals surface area (Å²) in [5.74, 6) is -0.692. The highest BCUT2D eigenvalue weighted by Gasteiger charge is 2.24. The molecule has 0 saturated carbocycles. The molecule has 10 heteroatoms. The number of aliphatic hydroxyl groups excluding tert-OH is 1. The van der Waals surface area contributed by atoms with Gasteiger partial charge in [0, 0.05) is 18.7 Å². The summed E-state index contributed by atoms with van der Waals surface area (Å²) in [6.45, 7) is 4.99. The number of aliphatic hydroxyl groups is 1. The van der Waals surface area contributed by atoms with Gasteiger partial charge in [0.25, 0.3) is 0 Å². The van der Waals surface area contributed by atoms with Crippen LogP contribution in [-0.2, 0) is 0 Å². The van der Waals surface area contributed by atoms with E-state index in [0.717, 1.165) is 11.1 Å². The number of piperidine rings is 1. The molecule has 33 heavy (non-hydrogen) atoms. The van der Waals surface area contributed by atoms with E-state index >= 15 is 0 Å². The summed E-state index contributed by atoms with van der Waals surface area (Å²) < 4.78 is 0. The Morgan fingerprint density at radius 1 is 1.27 bits per heavy atom. The van der Waals surface area contributed by atoms with Crippen LogP contribution in [0.15, 0.2) is 24.3 Å². The maximum absolute atomic E-state index is 11.6. The van der Waals surface area contributed by atoms with E-state index in [1.54, 1.807) is 6.07 Å². The highest BCUT2D eigenvalue weighted by atomic mass is 35.5. The van der Waals surface area contributed by atoms with E-state index in [1.807, 2.05) is 30.9 Å². The number of pyridine rings is 1. The zero-order chi connectivity index (χ0) is 23.7. The first-order valence-corrected chi connectivity index (χ1v) is 11.0. The van der Waals surface area contributed by atoms with Gasteiger partial charge in [-0.05, 0) is 50.5 Å². The number of halogens is 1. The molecular formula is C23H23ClN6O3. The lowest BCUT2D eigenvalue weighted by Crippen LogP contribution is -2.37. The Bertz CT molecular complexity index is 1270. The number of carbonyl (C=O) groups is 1. The van der Waals surface area contributed by atoms with Crippen molar-refractivity contribution in [3.05, 3.63) is 51.9 Å². The van der Waals surface area contributed by atoms with Crippen molar-refractivity contribution in [3.63, 3.8) is 0 Å². The summed E-state index contributed by atoms with van der Waals surface area (Å²) in [6, 6.07) is 8.75. The van der Waals surface area contributed by atoms with Gasteiger partial charge in [-0.15, -0.1) is 0 Å². The molecule has 1 saturated heterocycles. The van der Waals surface area contributed by atoms with Crippen molar-refractivity contribution in [1.29, 1.82) is 5.26 Å². The van der Waals surface area contributed by atoms with Crippen molar-refractivity contribution >= 4 is 40.1 Å². The van der Waals surface area contributed by atoms with E-state index in [-0.39, 0.29) is 28.7 Å². The number of fused-ring (bicyclic) bond motifs is 1. The zero-order valence-corrected chi connectivity index (χ0v) is 19.0. The molecule has 1 aromatic carbocycles. The van der Waals surface area contributed by atoms with Crippen LogP contribution in [0.3, 0.4) is 0 Å². The normalized spacial score (nSPS) is 15.3. The summed E-state index contributed by atoms with van der Waals surface area (Å²) in [5.41, 5.74) is 3.37. The fourth-order valence-electron chi connectivity index (χ4n) is 4.05. The van der Waals surface area contributed by atoms with E-state index < -0.39 is 5.97 Å². The number of aromatic nitrogens is 3. The molecular weight excluding hydrogens is 444 g/mol. The fourth-order valence-corrected chi connectivity index (χ4v) is 4.20. The number of nitriles is 1. The van der Waals surface area contributed by atoms with Gasteiger partial charge in [-0.25, -0.2) is 19.7 Å². The predicted octanol–water partition coefficient (Wildman–Crippen LogP) is 3.69. The second-order valence-corrected chi connectivity index (χ2v) is 8.54. The van der Waals surface area contributed by atoms with Crippen molar-refractivity contribution in [2.45, 2.75) is 38.8 Å². The Hall–Kier alpha value is -3.48. The third-order valence-electron chi connectivity index (χ3n) is 5.70. The van der Waals surface area contributed by atoms with Gasteiger partial charge < -0.3 is 20.4 Å². The van der Waals surface area contributed by atoms with Crippen molar-refractivity contribution in [2.24, 2.45) is 0 Å². The minimum Gasteiger partial charge on any atom is -0.476 e. The van der Waals surface area contributed by atoms with Crippen LogP contribution < -0.4 is 10.2 Å². The van der Waals surface area contributed by atoms with Crippen LogP contribution in [0.1, 0.15) is 53.1 Å². The molecule has 9 nitrogen and oxygen atoms in total. The van der Waals surface area contributed by atoms with Crippen molar-refractivity contribution in [1.82, 2.24) is 15.0 Å². The predicted molar refractivity (Wildman–Crippen MR) is 125 cm³/mol. The first kappa shape index (κ1) is 22.7. The van der Waals surface area contributed by atoms with Crippen molar-refractivity contribution in [3.8, 4) is 6.07 Å². The molecule has 1 atom stereocenters. The highest BCUT2D eigenvalue weighted by Crippen LogP contribution is 2.31. The van der Waals surface area contributed by atoms with Gasteiger partial charge in [-0.2, -0.15) is 5.26 Å². The maximum atomic E-state index is 11.6. The monoisotopic (exact) mass is 466 g/mol. The molecule has 3 heterocycles. The lowest BCUT2D eigenvalue weighted by atomic mass is 10.0. The minimum atomic E-state index is -1.19. The fraction of sp³-hybridized carbons (Fsp3) is 0.348. The van der Waals surface area contributed by atoms with Gasteiger partial charge in [0.1, 0.15) is 11.2 Å². The average Bonchev–Trinajstić information content (AvgIpc) is 2.79. The average molecular weight is 467 g/mol. The Labute approximate surface area is 195 Å². The molecule has 1 aliphatic rings. The van der Waals surface area contributed by atoms with Gasteiger partial charge in [0.2, 0.25) is 0 Å². The van der Waals surface area contributed by atoms with Gasteiger partial charge in [-0.3, -0.25) is 0 Å². The molecule has 1 aliphatic heterocycles. The number of benzene rings is 1. The van der Waals surface area contributed by atoms with Gasteiger partial charge in [-0.1, -0.05) is 17.7 Å². The second-order valence-electron chi connectivity index (χ2n) is 8.15. The number of hydrogen-bond donors (Lipinski definition) is 3. The van der Waals surface area contributed by atoms with E-state index in [9.17, 15) is 20.3 Å². The van der Waals surface area contributed by atoms with Crippen LogP contribution in [0.25, 0.3) is 11.0 Å². The molecule has 2 aromatic heterocycles. The molecule has 1 fully saturated rings.